The summed E-state index contributed by atoms with van der Waals surface area (Å²) >= 11 is 1.36. The van der Waals surface area contributed by atoms with Crippen molar-refractivity contribution in [2.75, 3.05) is 13.1 Å². The number of piperidine rings is 1. The van der Waals surface area contributed by atoms with E-state index in [2.05, 4.69) is 24.5 Å². The van der Waals surface area contributed by atoms with Crippen molar-refractivity contribution in [3.05, 3.63) is 57.8 Å². The third-order valence-electron chi connectivity index (χ3n) is 6.25. The van der Waals surface area contributed by atoms with Crippen LogP contribution in [0.5, 0.6) is 0 Å². The normalized spacial score (nSPS) is 16.5. The van der Waals surface area contributed by atoms with Crippen LogP contribution in [-0.2, 0) is 4.79 Å². The Bertz CT molecular complexity index is 934. The predicted molar refractivity (Wildman–Crippen MR) is 128 cm³/mol. The summed E-state index contributed by atoms with van der Waals surface area (Å²) in [6.45, 7) is 9.19. The molecule has 1 aliphatic rings. The topological polar surface area (TPSA) is 78.5 Å². The number of hydrogen-bond donors (Lipinski definition) is 2. The minimum atomic E-state index is -0.623. The predicted octanol–water partition coefficient (Wildman–Crippen LogP) is 3.87. The number of rotatable bonds is 7. The number of carbonyl (C=O) groups excluding carboxylic acids is 3. The summed E-state index contributed by atoms with van der Waals surface area (Å²) in [5, 5.41) is 7.88. The van der Waals surface area contributed by atoms with Gasteiger partial charge in [-0.1, -0.05) is 37.6 Å². The second kappa shape index (κ2) is 10.8. The van der Waals surface area contributed by atoms with Crippen LogP contribution in [0.15, 0.2) is 41.8 Å². The molecule has 32 heavy (non-hydrogen) atoms. The van der Waals surface area contributed by atoms with E-state index in [0.29, 0.717) is 42.3 Å². The molecule has 0 unspecified atom stereocenters. The van der Waals surface area contributed by atoms with Crippen LogP contribution in [-0.4, -0.2) is 47.8 Å². The average molecular weight is 456 g/mol. The summed E-state index contributed by atoms with van der Waals surface area (Å²) in [6, 6.07) is 10.6. The van der Waals surface area contributed by atoms with Gasteiger partial charge in [0.1, 0.15) is 6.04 Å². The second-order valence-electron chi connectivity index (χ2n) is 8.97. The number of thiophene rings is 1. The molecule has 1 aromatic heterocycles. The van der Waals surface area contributed by atoms with Crippen LogP contribution in [0, 0.1) is 18.8 Å². The molecule has 1 aliphatic heterocycles. The maximum atomic E-state index is 13.1. The first-order valence-electron chi connectivity index (χ1n) is 11.3. The monoisotopic (exact) mass is 455 g/mol. The van der Waals surface area contributed by atoms with Crippen molar-refractivity contribution in [3.63, 3.8) is 0 Å². The lowest BCUT2D eigenvalue weighted by molar-refractivity contribution is -0.125. The first-order chi connectivity index (χ1) is 15.3. The first-order valence-corrected chi connectivity index (χ1v) is 12.1. The highest BCUT2D eigenvalue weighted by atomic mass is 32.1. The number of benzene rings is 1. The smallest absolute Gasteiger partial charge is 0.262 e. The van der Waals surface area contributed by atoms with Gasteiger partial charge in [0.2, 0.25) is 5.91 Å². The quantitative estimate of drug-likeness (QED) is 0.665. The SMILES string of the molecule is Cc1cccc(C(=O)N2CCC([C@@H](NC(=O)c3cccs3)C(=O)N[C@@H](C)C(C)C)CC2)c1. The highest BCUT2D eigenvalue weighted by Gasteiger charge is 2.35. The van der Waals surface area contributed by atoms with E-state index < -0.39 is 6.04 Å². The van der Waals surface area contributed by atoms with E-state index in [4.69, 9.17) is 0 Å². The molecule has 1 saturated heterocycles. The Morgan fingerprint density at radius 2 is 1.75 bits per heavy atom. The fraction of sp³-hybridized carbons (Fsp3) is 0.480. The van der Waals surface area contributed by atoms with Crippen LogP contribution in [0.4, 0.5) is 0 Å². The van der Waals surface area contributed by atoms with E-state index in [9.17, 15) is 14.4 Å². The highest BCUT2D eigenvalue weighted by molar-refractivity contribution is 7.12. The molecule has 2 atom stereocenters. The van der Waals surface area contributed by atoms with Crippen molar-refractivity contribution in [1.29, 1.82) is 0 Å². The van der Waals surface area contributed by atoms with Gasteiger partial charge < -0.3 is 15.5 Å². The third-order valence-corrected chi connectivity index (χ3v) is 7.12. The molecular weight excluding hydrogens is 422 g/mol. The highest BCUT2D eigenvalue weighted by Crippen LogP contribution is 2.24. The molecule has 0 spiro atoms. The maximum absolute atomic E-state index is 13.1. The Morgan fingerprint density at radius 1 is 1.03 bits per heavy atom. The molecule has 3 amide bonds. The summed E-state index contributed by atoms with van der Waals surface area (Å²) in [6.07, 6.45) is 1.33. The van der Waals surface area contributed by atoms with Gasteiger partial charge in [-0.25, -0.2) is 0 Å². The molecule has 2 N–H and O–H groups in total. The van der Waals surface area contributed by atoms with E-state index in [1.54, 1.807) is 6.07 Å². The first kappa shape index (κ1) is 24.0. The Morgan fingerprint density at radius 3 is 2.34 bits per heavy atom. The molecule has 2 heterocycles. The summed E-state index contributed by atoms with van der Waals surface area (Å²) in [7, 11) is 0. The maximum Gasteiger partial charge on any atom is 0.262 e. The van der Waals surface area contributed by atoms with Gasteiger partial charge in [-0.15, -0.1) is 11.3 Å². The van der Waals surface area contributed by atoms with Crippen molar-refractivity contribution >= 4 is 29.1 Å². The number of nitrogens with zero attached hydrogens (tertiary/aromatic N) is 1. The zero-order chi connectivity index (χ0) is 23.3. The van der Waals surface area contributed by atoms with Crippen LogP contribution in [0.25, 0.3) is 0 Å². The summed E-state index contributed by atoms with van der Waals surface area (Å²) in [5.41, 5.74) is 1.74. The van der Waals surface area contributed by atoms with Gasteiger partial charge in [0, 0.05) is 24.7 Å². The zero-order valence-corrected chi connectivity index (χ0v) is 20.1. The standard InChI is InChI=1S/C25H33N3O3S/c1-16(2)18(4)26-24(30)22(27-23(29)21-9-6-14-32-21)19-10-12-28(13-11-19)25(31)20-8-5-7-17(3)15-20/h5-9,14-16,18-19,22H,10-13H2,1-4H3,(H,26,30)(H,27,29)/t18-,22+/m0/s1. The Hall–Kier alpha value is -2.67. The average Bonchev–Trinajstić information content (AvgIpc) is 3.32. The van der Waals surface area contributed by atoms with Gasteiger partial charge in [0.25, 0.3) is 11.8 Å². The minimum Gasteiger partial charge on any atom is -0.352 e. The van der Waals surface area contributed by atoms with Crippen LogP contribution >= 0.6 is 11.3 Å². The summed E-state index contributed by atoms with van der Waals surface area (Å²) in [5.74, 6) is -0.0967. The van der Waals surface area contributed by atoms with Crippen LogP contribution in [0.3, 0.4) is 0 Å². The Labute approximate surface area is 194 Å². The largest absolute Gasteiger partial charge is 0.352 e. The lowest BCUT2D eigenvalue weighted by Gasteiger charge is -2.36. The van der Waals surface area contributed by atoms with Gasteiger partial charge in [0.05, 0.1) is 4.88 Å². The van der Waals surface area contributed by atoms with Crippen molar-refractivity contribution < 1.29 is 14.4 Å². The Balaban J connectivity index is 1.69. The van der Waals surface area contributed by atoms with Crippen molar-refractivity contribution in [1.82, 2.24) is 15.5 Å². The molecule has 6 nitrogen and oxygen atoms in total. The van der Waals surface area contributed by atoms with E-state index >= 15 is 0 Å². The molecule has 3 rings (SSSR count). The second-order valence-corrected chi connectivity index (χ2v) is 9.92. The molecule has 0 aliphatic carbocycles. The fourth-order valence-electron chi connectivity index (χ4n) is 3.89. The zero-order valence-electron chi connectivity index (χ0n) is 19.3. The van der Waals surface area contributed by atoms with Gasteiger partial charge in [-0.3, -0.25) is 14.4 Å². The number of aryl methyl sites for hydroxylation is 1. The van der Waals surface area contributed by atoms with Crippen molar-refractivity contribution in [3.8, 4) is 0 Å². The fourth-order valence-corrected chi connectivity index (χ4v) is 4.52. The third kappa shape index (κ3) is 5.97. The molecule has 1 fully saturated rings. The molecule has 0 saturated carbocycles. The van der Waals surface area contributed by atoms with Crippen LogP contribution in [0.2, 0.25) is 0 Å². The number of carbonyl (C=O) groups is 3. The molecule has 7 heteroatoms. The van der Waals surface area contributed by atoms with Gasteiger partial charge in [-0.05, 0) is 62.1 Å². The van der Waals surface area contributed by atoms with E-state index in [-0.39, 0.29) is 29.7 Å². The van der Waals surface area contributed by atoms with Gasteiger partial charge in [-0.2, -0.15) is 0 Å². The van der Waals surface area contributed by atoms with Crippen LogP contribution < -0.4 is 10.6 Å². The van der Waals surface area contributed by atoms with E-state index in [0.717, 1.165) is 5.56 Å². The molecule has 172 valence electrons. The van der Waals surface area contributed by atoms with Crippen molar-refractivity contribution in [2.45, 2.75) is 52.6 Å². The number of hydrogen-bond acceptors (Lipinski definition) is 4. The number of nitrogens with one attached hydrogen (secondary N) is 2. The lowest BCUT2D eigenvalue weighted by Crippen LogP contribution is -2.55. The van der Waals surface area contributed by atoms with Crippen molar-refractivity contribution in [2.24, 2.45) is 11.8 Å². The van der Waals surface area contributed by atoms with E-state index in [1.807, 2.05) is 54.5 Å². The Kier molecular flexibility index (Phi) is 8.07. The van der Waals surface area contributed by atoms with Crippen LogP contribution in [0.1, 0.15) is 59.2 Å². The molecule has 0 bridgehead atoms. The molecular formula is C25H33N3O3S. The summed E-state index contributed by atoms with van der Waals surface area (Å²) < 4.78 is 0. The minimum absolute atomic E-state index is 0.00614. The molecule has 2 aromatic rings. The molecule has 1 aromatic carbocycles. The van der Waals surface area contributed by atoms with E-state index in [1.165, 1.54) is 11.3 Å². The lowest BCUT2D eigenvalue weighted by atomic mass is 9.88. The number of likely N-dealkylation sites (tertiary alicyclic amines) is 1. The molecule has 0 radical (unpaired) electrons. The van der Waals surface area contributed by atoms with Gasteiger partial charge in [0.15, 0.2) is 0 Å². The number of amides is 3. The van der Waals surface area contributed by atoms with Gasteiger partial charge >= 0.3 is 0 Å². The summed E-state index contributed by atoms with van der Waals surface area (Å²) in [4.78, 5) is 41.2.